The molecule has 0 spiro atoms. The van der Waals surface area contributed by atoms with Crippen molar-refractivity contribution in [3.05, 3.63) is 305 Å². The maximum Gasteiger partial charge on any atom is 0.407 e. The highest BCUT2D eigenvalue weighted by Gasteiger charge is 2.28. The molecule has 0 fully saturated rings. The van der Waals surface area contributed by atoms with Crippen LogP contribution < -0.4 is 47.9 Å². The Morgan fingerprint density at radius 3 is 0.830 bits per heavy atom. The predicted molar refractivity (Wildman–Crippen MR) is 402 cm³/mol. The Balaban J connectivity index is 0.784. The number of hydrogen-bond acceptors (Lipinski definition) is 12. The van der Waals surface area contributed by atoms with Crippen LogP contribution in [0.25, 0.3) is 32.7 Å². The normalized spacial score (nSPS) is 11.9. The van der Waals surface area contributed by atoms with Gasteiger partial charge in [0.15, 0.2) is 0 Å². The molecule has 0 aliphatic carbocycles. The van der Waals surface area contributed by atoms with Gasteiger partial charge in [0, 0.05) is 74.3 Å². The van der Waals surface area contributed by atoms with Gasteiger partial charge in [-0.2, -0.15) is 0 Å². The molecule has 12 aromatic rings. The van der Waals surface area contributed by atoms with Crippen LogP contribution in [-0.4, -0.2) is 106 Å². The molecular formula is C82H76N12O12. The van der Waals surface area contributed by atoms with E-state index in [0.717, 1.165) is 49.4 Å². The highest BCUT2D eigenvalue weighted by atomic mass is 16.6. The molecule has 0 saturated carbocycles. The lowest BCUT2D eigenvalue weighted by molar-refractivity contribution is -0.126. The van der Waals surface area contributed by atoms with Crippen LogP contribution in [0.2, 0.25) is 0 Å². The number of nitrogens with one attached hydrogen (secondary N) is 12. The van der Waals surface area contributed by atoms with Gasteiger partial charge in [-0.3, -0.25) is 28.8 Å². The van der Waals surface area contributed by atoms with Gasteiger partial charge in [0.05, 0.1) is 38.9 Å². The number of H-pyrrole nitrogens is 3. The first-order valence-corrected chi connectivity index (χ1v) is 34.3. The number of carbonyl (C=O) groups is 9. The fourth-order valence-electron chi connectivity index (χ4n) is 12.1. The Bertz CT molecular complexity index is 4550. The van der Waals surface area contributed by atoms with Gasteiger partial charge in [-0.1, -0.05) is 182 Å². The number of amides is 9. The molecule has 0 aliphatic heterocycles. The molecule has 9 amide bonds. The van der Waals surface area contributed by atoms with E-state index < -0.39 is 77.8 Å². The number of aromatic nitrogens is 3. The van der Waals surface area contributed by atoms with E-state index in [-0.39, 0.29) is 58.7 Å². The van der Waals surface area contributed by atoms with Gasteiger partial charge in [-0.05, 0) is 105 Å². The van der Waals surface area contributed by atoms with E-state index in [0.29, 0.717) is 50.4 Å². The number of para-hydroxylation sites is 3. The summed E-state index contributed by atoms with van der Waals surface area (Å²) in [4.78, 5) is 133. The van der Waals surface area contributed by atoms with Gasteiger partial charge in [0.2, 0.25) is 35.4 Å². The first kappa shape index (κ1) is 72.0. The average Bonchev–Trinajstić information content (AvgIpc) is 0.873. The molecule has 12 rings (SSSR count). The number of aromatic amines is 3. The van der Waals surface area contributed by atoms with Crippen molar-refractivity contribution in [2.75, 3.05) is 35.6 Å². The van der Waals surface area contributed by atoms with Crippen molar-refractivity contribution in [2.24, 2.45) is 0 Å². The van der Waals surface area contributed by atoms with Crippen molar-refractivity contribution in [1.29, 1.82) is 0 Å². The Labute approximate surface area is 608 Å². The van der Waals surface area contributed by atoms with E-state index in [2.05, 4.69) is 62.8 Å². The Kier molecular flexibility index (Phi) is 23.9. The van der Waals surface area contributed by atoms with E-state index in [1.165, 1.54) is 0 Å². The minimum atomic E-state index is -1.27. The van der Waals surface area contributed by atoms with Crippen LogP contribution in [0, 0.1) is 0 Å². The standard InChI is InChI=1S/C82H76N12O12/c95-73(40-58-43-83-67-25-13-10-22-64(58)67)92-70(46-86-80(101)104-49-52-16-4-1-5-17-52)77(98)89-61-34-28-55(29-35-61)76(56-30-36-62(37-31-56)90-78(99)71(47-87-81(102)105-50-53-18-6-2-7-19-53)93-74(96)41-59-44-84-68-26-14-11-23-65(59)68)57-32-38-63(39-33-57)91-79(100)72(48-88-82(103)106-51-54-20-8-3-9-21-54)94-75(97)42-60-45-85-69-27-15-12-24-66(60)69/h1-39,43-45,70-72,76,83-85H,40-42,46-51H2,(H,86,101)(H,87,102)(H,88,103)(H,89,98)(H,90,99)(H,91,100)(H,92,95)(H,93,96)(H,94,97)/t70-,71-,72-/m0/s1. The molecule has 12 N–H and O–H groups in total. The number of carbonyl (C=O) groups excluding carboxylic acids is 9. The monoisotopic (exact) mass is 1420 g/mol. The Hall–Kier alpha value is -13.8. The topological polar surface area (TPSA) is 337 Å². The maximum absolute atomic E-state index is 14.3. The summed E-state index contributed by atoms with van der Waals surface area (Å²) in [6.07, 6.45) is 2.58. The highest BCUT2D eigenvalue weighted by molar-refractivity contribution is 6.01. The molecule has 3 atom stereocenters. The fourth-order valence-corrected chi connectivity index (χ4v) is 12.1. The van der Waals surface area contributed by atoms with Crippen molar-refractivity contribution < 1.29 is 57.4 Å². The lowest BCUT2D eigenvalue weighted by Gasteiger charge is -2.22. The van der Waals surface area contributed by atoms with Gasteiger partial charge in [-0.15, -0.1) is 0 Å². The van der Waals surface area contributed by atoms with Gasteiger partial charge in [0.1, 0.15) is 37.9 Å². The Morgan fingerprint density at radius 2 is 0.557 bits per heavy atom. The first-order chi connectivity index (χ1) is 51.7. The number of ether oxygens (including phenoxy) is 3. The maximum atomic E-state index is 14.3. The third-order valence-corrected chi connectivity index (χ3v) is 17.6. The molecular weight excluding hydrogens is 1340 g/mol. The number of rotatable bonds is 30. The van der Waals surface area contributed by atoms with Crippen molar-refractivity contribution >= 4 is 103 Å². The van der Waals surface area contributed by atoms with Crippen molar-refractivity contribution in [1.82, 2.24) is 46.9 Å². The summed E-state index contributed by atoms with van der Waals surface area (Å²) in [7, 11) is 0. The van der Waals surface area contributed by atoms with Crippen LogP contribution in [0.3, 0.4) is 0 Å². The van der Waals surface area contributed by atoms with E-state index in [4.69, 9.17) is 14.2 Å². The van der Waals surface area contributed by atoms with Crippen molar-refractivity contribution in [3.8, 4) is 0 Å². The predicted octanol–water partition coefficient (Wildman–Crippen LogP) is 11.1. The quantitative estimate of drug-likeness (QED) is 0.0148. The summed E-state index contributed by atoms with van der Waals surface area (Å²) < 4.78 is 16.3. The average molecular weight is 1420 g/mol. The molecule has 24 heteroatoms. The third-order valence-electron chi connectivity index (χ3n) is 17.6. The second-order valence-corrected chi connectivity index (χ2v) is 25.1. The summed E-state index contributed by atoms with van der Waals surface area (Å²) >= 11 is 0. The van der Waals surface area contributed by atoms with Gasteiger partial charge < -0.3 is 77.0 Å². The number of benzene rings is 9. The van der Waals surface area contributed by atoms with Crippen LogP contribution in [0.15, 0.2) is 255 Å². The highest BCUT2D eigenvalue weighted by Crippen LogP contribution is 2.35. The number of alkyl carbamates (subject to hydrolysis) is 3. The number of fused-ring (bicyclic) bond motifs is 3. The SMILES string of the molecule is O=C(Cc1c[nH]c2ccccc12)N[C@@H](CNC(=O)OCc1ccccc1)C(=O)Nc1ccc(C(c2ccc(NC(=O)[C@H](CNC(=O)OCc3ccccc3)NC(=O)Cc3c[nH]c4ccccc34)cc2)c2ccc(NC(=O)[C@H](CNC(=O)OCc3ccccc3)NC(=O)Cc3c[nH]c4ccccc34)cc2)cc1. The molecule has 3 heterocycles. The second kappa shape index (κ2) is 35.2. The first-order valence-electron chi connectivity index (χ1n) is 34.3. The summed E-state index contributed by atoms with van der Waals surface area (Å²) in [6, 6.07) is 66.9. The Morgan fingerprint density at radius 1 is 0.302 bits per heavy atom. The zero-order valence-corrected chi connectivity index (χ0v) is 57.3. The van der Waals surface area contributed by atoms with E-state index in [9.17, 15) is 43.2 Å². The molecule has 0 saturated heterocycles. The molecule has 0 unspecified atom stereocenters. The van der Waals surface area contributed by atoms with Gasteiger partial charge in [0.25, 0.3) is 0 Å². The summed E-state index contributed by atoms with van der Waals surface area (Å²) in [5.74, 6) is -3.93. The summed E-state index contributed by atoms with van der Waals surface area (Å²) in [5.41, 5.74) is 10.0. The van der Waals surface area contributed by atoms with E-state index in [1.807, 2.05) is 127 Å². The molecule has 9 aromatic carbocycles. The molecule has 0 radical (unpaired) electrons. The van der Waals surface area contributed by atoms with Crippen LogP contribution in [-0.2, 0) is 82.1 Å². The van der Waals surface area contributed by atoms with Crippen LogP contribution >= 0.6 is 0 Å². The summed E-state index contributed by atoms with van der Waals surface area (Å²) in [6.45, 7) is -1.05. The van der Waals surface area contributed by atoms with Gasteiger partial charge in [-0.25, -0.2) is 14.4 Å². The number of anilines is 3. The molecule has 0 bridgehead atoms. The van der Waals surface area contributed by atoms with E-state index in [1.54, 1.807) is 128 Å². The third kappa shape index (κ3) is 19.9. The zero-order chi connectivity index (χ0) is 73.6. The van der Waals surface area contributed by atoms with Crippen LogP contribution in [0.5, 0.6) is 0 Å². The van der Waals surface area contributed by atoms with Crippen molar-refractivity contribution in [3.63, 3.8) is 0 Å². The number of hydrogen-bond donors (Lipinski definition) is 12. The molecule has 106 heavy (non-hydrogen) atoms. The molecule has 536 valence electrons. The fraction of sp³-hybridized carbons (Fsp3) is 0.159. The molecule has 24 nitrogen and oxygen atoms in total. The lowest BCUT2D eigenvalue weighted by Crippen LogP contribution is -2.51. The molecule has 3 aromatic heterocycles. The largest absolute Gasteiger partial charge is 0.445 e. The van der Waals surface area contributed by atoms with Crippen LogP contribution in [0.1, 0.15) is 56.0 Å². The minimum absolute atomic E-state index is 0.0278. The molecule has 0 aliphatic rings. The van der Waals surface area contributed by atoms with E-state index >= 15 is 0 Å². The zero-order valence-electron chi connectivity index (χ0n) is 57.3. The lowest BCUT2D eigenvalue weighted by atomic mass is 9.85. The van der Waals surface area contributed by atoms with Crippen molar-refractivity contribution in [2.45, 2.75) is 63.1 Å². The minimum Gasteiger partial charge on any atom is -0.445 e. The smallest absolute Gasteiger partial charge is 0.407 e. The summed E-state index contributed by atoms with van der Waals surface area (Å²) in [5, 5.41) is 27.5. The van der Waals surface area contributed by atoms with Crippen LogP contribution in [0.4, 0.5) is 31.4 Å². The van der Waals surface area contributed by atoms with Gasteiger partial charge >= 0.3 is 18.3 Å². The second-order valence-electron chi connectivity index (χ2n) is 25.1.